The summed E-state index contributed by atoms with van der Waals surface area (Å²) in [5, 5.41) is 3.99. The van der Waals surface area contributed by atoms with Crippen LogP contribution in [0, 0.1) is 0 Å². The van der Waals surface area contributed by atoms with E-state index in [4.69, 9.17) is 18.2 Å². The molecule has 0 amide bonds. The minimum Gasteiger partial charge on any atom is -0.456 e. The number of aromatic nitrogens is 4. The zero-order chi connectivity index (χ0) is 29.5. The van der Waals surface area contributed by atoms with Crippen LogP contribution in [0.4, 0.5) is 0 Å². The number of furan rings is 3. The van der Waals surface area contributed by atoms with E-state index in [1.165, 1.54) is 0 Å². The number of nitrogens with zero attached hydrogens (tertiary/aromatic N) is 4. The smallest absolute Gasteiger partial charge is 0.159 e. The van der Waals surface area contributed by atoms with Gasteiger partial charge in [0.15, 0.2) is 17.0 Å². The molecule has 45 heavy (non-hydrogen) atoms. The van der Waals surface area contributed by atoms with E-state index < -0.39 is 0 Å². The predicted octanol–water partition coefficient (Wildman–Crippen LogP) is 9.97. The fourth-order valence-electron chi connectivity index (χ4n) is 6.29. The lowest BCUT2D eigenvalue weighted by atomic mass is 10.0. The van der Waals surface area contributed by atoms with Crippen molar-refractivity contribution in [2.24, 2.45) is 0 Å². The Bertz CT molecular complexity index is 2790. The van der Waals surface area contributed by atoms with Gasteiger partial charge in [0.1, 0.15) is 33.4 Å². The second kappa shape index (κ2) is 9.08. The van der Waals surface area contributed by atoms with Crippen LogP contribution in [-0.4, -0.2) is 19.9 Å². The molecule has 0 atom stereocenters. The van der Waals surface area contributed by atoms with Crippen molar-refractivity contribution in [1.29, 1.82) is 0 Å². The van der Waals surface area contributed by atoms with E-state index in [0.717, 1.165) is 94.0 Å². The van der Waals surface area contributed by atoms with Gasteiger partial charge in [0.2, 0.25) is 0 Å². The lowest BCUT2D eigenvalue weighted by Gasteiger charge is -2.05. The Morgan fingerprint density at radius 2 is 0.867 bits per heavy atom. The van der Waals surface area contributed by atoms with Crippen LogP contribution >= 0.6 is 0 Å². The third kappa shape index (κ3) is 3.71. The van der Waals surface area contributed by atoms with Crippen LogP contribution in [0.2, 0.25) is 0 Å². The molecule has 0 spiro atoms. The van der Waals surface area contributed by atoms with Crippen LogP contribution in [-0.2, 0) is 0 Å². The fourth-order valence-corrected chi connectivity index (χ4v) is 6.29. The topological polar surface area (TPSA) is 91.0 Å². The van der Waals surface area contributed by atoms with E-state index in [2.05, 4.69) is 51.4 Å². The number of hydrogen-bond donors (Lipinski definition) is 0. The molecule has 210 valence electrons. The molecule has 0 aliphatic heterocycles. The molecule has 10 rings (SSSR count). The molecule has 0 N–H and O–H groups in total. The normalized spacial score (nSPS) is 12.0. The molecule has 0 unspecified atom stereocenters. The van der Waals surface area contributed by atoms with E-state index in [1.807, 2.05) is 66.7 Å². The Morgan fingerprint density at radius 3 is 1.51 bits per heavy atom. The summed E-state index contributed by atoms with van der Waals surface area (Å²) in [5.41, 5.74) is 11.4. The van der Waals surface area contributed by atoms with Gasteiger partial charge in [-0.15, -0.1) is 0 Å². The average molecular weight is 581 g/mol. The first-order valence-corrected chi connectivity index (χ1v) is 14.6. The number of rotatable bonds is 3. The van der Waals surface area contributed by atoms with Crippen LogP contribution in [0.5, 0.6) is 0 Å². The van der Waals surface area contributed by atoms with Crippen molar-refractivity contribution in [3.05, 3.63) is 122 Å². The van der Waals surface area contributed by atoms with Crippen molar-refractivity contribution < 1.29 is 13.3 Å². The average Bonchev–Trinajstić information content (AvgIpc) is 3.78. The molecule has 6 aromatic heterocycles. The first-order chi connectivity index (χ1) is 22.2. The number of pyridine rings is 2. The molecular formula is C38H20N4O3. The summed E-state index contributed by atoms with van der Waals surface area (Å²) in [6, 6.07) is 34.3. The van der Waals surface area contributed by atoms with Crippen LogP contribution < -0.4 is 0 Å². The van der Waals surface area contributed by atoms with Gasteiger partial charge in [-0.1, -0.05) is 12.1 Å². The summed E-state index contributed by atoms with van der Waals surface area (Å²) in [6.07, 6.45) is 5.37. The zero-order valence-electron chi connectivity index (χ0n) is 23.6. The molecule has 0 bridgehead atoms. The van der Waals surface area contributed by atoms with Crippen molar-refractivity contribution in [1.82, 2.24) is 19.9 Å². The monoisotopic (exact) mass is 580 g/mol. The van der Waals surface area contributed by atoms with E-state index in [1.54, 1.807) is 18.6 Å². The maximum atomic E-state index is 6.23. The third-order valence-corrected chi connectivity index (χ3v) is 8.46. The maximum Gasteiger partial charge on any atom is 0.159 e. The van der Waals surface area contributed by atoms with Crippen LogP contribution in [0.1, 0.15) is 0 Å². The van der Waals surface area contributed by atoms with Crippen molar-refractivity contribution >= 4 is 66.1 Å². The largest absolute Gasteiger partial charge is 0.456 e. The third-order valence-electron chi connectivity index (χ3n) is 8.46. The molecule has 0 aliphatic carbocycles. The van der Waals surface area contributed by atoms with Gasteiger partial charge in [0.05, 0.1) is 5.69 Å². The summed E-state index contributed by atoms with van der Waals surface area (Å²) in [6.45, 7) is 0. The number of benzene rings is 4. The lowest BCUT2D eigenvalue weighted by Crippen LogP contribution is -1.91. The first kappa shape index (κ1) is 24.1. The minimum absolute atomic E-state index is 0.639. The maximum absolute atomic E-state index is 6.23. The van der Waals surface area contributed by atoms with Gasteiger partial charge >= 0.3 is 0 Å². The summed E-state index contributed by atoms with van der Waals surface area (Å²) < 4.78 is 18.2. The van der Waals surface area contributed by atoms with Crippen molar-refractivity contribution in [2.75, 3.05) is 0 Å². The Balaban J connectivity index is 1.07. The van der Waals surface area contributed by atoms with E-state index in [-0.39, 0.29) is 0 Å². The van der Waals surface area contributed by atoms with Gasteiger partial charge in [-0.05, 0) is 102 Å². The molecular weight excluding hydrogens is 560 g/mol. The summed E-state index contributed by atoms with van der Waals surface area (Å²) in [5.74, 6) is 0.639. The van der Waals surface area contributed by atoms with E-state index in [9.17, 15) is 0 Å². The van der Waals surface area contributed by atoms with Gasteiger partial charge in [0.25, 0.3) is 0 Å². The van der Waals surface area contributed by atoms with Crippen molar-refractivity contribution in [3.8, 4) is 33.8 Å². The summed E-state index contributed by atoms with van der Waals surface area (Å²) in [7, 11) is 0. The molecule has 10 aromatic rings. The highest BCUT2D eigenvalue weighted by Crippen LogP contribution is 2.37. The Labute approximate surface area is 254 Å². The second-order valence-electron chi connectivity index (χ2n) is 11.1. The molecule has 0 aliphatic rings. The SMILES string of the molecule is c1cnc2c(c1)oc1ccc(-c3ccc4oc5ccc(-c6nccc(-c7ccc8oc9cccnc9c8c7)n6)cc5c4c3)cc12. The molecule has 0 fully saturated rings. The highest BCUT2D eigenvalue weighted by atomic mass is 16.3. The standard InChI is InChI=1S/C38H20N4O3/c1-3-34-36(39-14-1)27-18-22(6-10-32(27)44-34)21-5-9-30-25(17-21)26-20-24(8-12-31(26)43-30)38-41-16-13-29(42-38)23-7-11-33-28(19-23)37-35(45-33)4-2-15-40-37/h1-20H. The second-order valence-corrected chi connectivity index (χ2v) is 11.1. The van der Waals surface area contributed by atoms with Gasteiger partial charge < -0.3 is 13.3 Å². The quantitative estimate of drug-likeness (QED) is 0.205. The Morgan fingerprint density at radius 1 is 0.378 bits per heavy atom. The Kier molecular flexibility index (Phi) is 4.87. The van der Waals surface area contributed by atoms with Crippen molar-refractivity contribution in [2.45, 2.75) is 0 Å². The molecule has 7 heteroatoms. The van der Waals surface area contributed by atoms with E-state index >= 15 is 0 Å². The van der Waals surface area contributed by atoms with Gasteiger partial charge in [-0.25, -0.2) is 9.97 Å². The minimum atomic E-state index is 0.639. The Hall–Kier alpha value is -6.34. The predicted molar refractivity (Wildman–Crippen MR) is 176 cm³/mol. The molecule has 6 heterocycles. The fraction of sp³-hybridized carbons (Fsp3) is 0. The molecule has 4 aromatic carbocycles. The van der Waals surface area contributed by atoms with Crippen LogP contribution in [0.3, 0.4) is 0 Å². The molecule has 7 nitrogen and oxygen atoms in total. The van der Waals surface area contributed by atoms with Gasteiger partial charge in [0, 0.05) is 51.3 Å². The molecule has 0 radical (unpaired) electrons. The molecule has 0 saturated heterocycles. The lowest BCUT2D eigenvalue weighted by molar-refractivity contribution is 0.668. The number of fused-ring (bicyclic) bond motifs is 9. The molecule has 0 saturated carbocycles. The van der Waals surface area contributed by atoms with E-state index in [0.29, 0.717) is 5.82 Å². The van der Waals surface area contributed by atoms with Gasteiger partial charge in [-0.2, -0.15) is 0 Å². The number of hydrogen-bond acceptors (Lipinski definition) is 7. The van der Waals surface area contributed by atoms with Gasteiger partial charge in [-0.3, -0.25) is 9.97 Å². The van der Waals surface area contributed by atoms with Crippen LogP contribution in [0.25, 0.3) is 99.8 Å². The summed E-state index contributed by atoms with van der Waals surface area (Å²) in [4.78, 5) is 18.7. The van der Waals surface area contributed by atoms with Crippen LogP contribution in [0.15, 0.2) is 135 Å². The summed E-state index contributed by atoms with van der Waals surface area (Å²) >= 11 is 0. The first-order valence-electron chi connectivity index (χ1n) is 14.6. The highest BCUT2D eigenvalue weighted by Gasteiger charge is 2.15. The highest BCUT2D eigenvalue weighted by molar-refractivity contribution is 6.09. The zero-order valence-corrected chi connectivity index (χ0v) is 23.6. The van der Waals surface area contributed by atoms with Crippen molar-refractivity contribution in [3.63, 3.8) is 0 Å².